The molecule has 6 rings (SSSR count). The van der Waals surface area contributed by atoms with Crippen molar-refractivity contribution >= 4 is 73.6 Å². The number of pyridine rings is 1. The number of hydrogen-bond donors (Lipinski definition) is 4. The molecule has 0 fully saturated rings. The highest BCUT2D eigenvalue weighted by atomic mass is 32.1. The van der Waals surface area contributed by atoms with E-state index in [9.17, 15) is 24.3 Å². The molecule has 0 radical (unpaired) electrons. The van der Waals surface area contributed by atoms with Crippen LogP contribution in [0.4, 0.5) is 5.95 Å². The van der Waals surface area contributed by atoms with Crippen LogP contribution in [0.2, 0.25) is 0 Å². The average Bonchev–Trinajstić information content (AvgIpc) is 3.92. The van der Waals surface area contributed by atoms with Crippen LogP contribution in [0.5, 0.6) is 5.75 Å². The molecule has 6 N–H and O–H groups in total. The van der Waals surface area contributed by atoms with E-state index in [0.29, 0.717) is 67.6 Å². The van der Waals surface area contributed by atoms with Crippen LogP contribution in [-0.2, 0) is 25.9 Å². The molecular formula is C36H38N10O7S2. The van der Waals surface area contributed by atoms with Crippen LogP contribution in [0.15, 0.2) is 46.0 Å². The van der Waals surface area contributed by atoms with Crippen molar-refractivity contribution in [2.75, 3.05) is 18.5 Å². The monoisotopic (exact) mass is 786 g/mol. The van der Waals surface area contributed by atoms with Gasteiger partial charge in [-0.15, -0.1) is 11.3 Å². The molecule has 4 amide bonds. The number of imidazole rings is 1. The van der Waals surface area contributed by atoms with Crippen molar-refractivity contribution in [2.45, 2.75) is 60.0 Å². The average molecular weight is 787 g/mol. The number of nitrogens with two attached hydrogens (primary N) is 2. The molecule has 0 atom stereocenters. The lowest BCUT2D eigenvalue weighted by molar-refractivity contribution is 0.0965. The predicted molar refractivity (Wildman–Crippen MR) is 205 cm³/mol. The number of aryl methyl sites for hydroxylation is 4. The van der Waals surface area contributed by atoms with Crippen LogP contribution < -0.4 is 26.3 Å². The van der Waals surface area contributed by atoms with Crippen molar-refractivity contribution in [3.8, 4) is 5.75 Å². The first kappa shape index (κ1) is 38.7. The maximum atomic E-state index is 13.6. The first-order valence-corrected chi connectivity index (χ1v) is 18.9. The van der Waals surface area contributed by atoms with E-state index < -0.39 is 23.6 Å². The molecule has 286 valence electrons. The number of nitrogens with one attached hydrogen (secondary N) is 1. The molecule has 0 aliphatic carbocycles. The zero-order chi connectivity index (χ0) is 39.4. The molecule has 17 nitrogen and oxygen atoms in total. The van der Waals surface area contributed by atoms with Gasteiger partial charge in [0.05, 0.1) is 38.8 Å². The second-order valence-electron chi connectivity index (χ2n) is 12.2. The van der Waals surface area contributed by atoms with E-state index in [1.54, 1.807) is 22.1 Å². The standard InChI is InChI=1S/C36H38N10O7S2/c1-5-22-28(53-18(3)40-22)33(50)44-36-46(32-26(55-36)16-21(17-39-32)31(38)49)11-8-7-10-45-27-24(14-20(30(37)48)15-25(27)52-13-9-12-47)42-35(45)43-34(51)29-23(6-2)41-19(4)54-29/h7-8,14-17,47H,5-6,9-13H2,1-4H3,(H2,37,48)(H2,38,49)(H,42,43,51)/b8-7+,44-36?. The fourth-order valence-corrected chi connectivity index (χ4v) is 7.70. The number of fused-ring (bicyclic) bond motifs is 2. The third-order valence-electron chi connectivity index (χ3n) is 8.30. The van der Waals surface area contributed by atoms with Gasteiger partial charge in [0.15, 0.2) is 16.3 Å². The third-order valence-corrected chi connectivity index (χ3v) is 10.3. The van der Waals surface area contributed by atoms with Gasteiger partial charge in [0, 0.05) is 44.8 Å². The molecule has 6 aromatic rings. The Kier molecular flexibility index (Phi) is 11.6. The van der Waals surface area contributed by atoms with Crippen molar-refractivity contribution in [3.05, 3.63) is 85.4 Å². The van der Waals surface area contributed by atoms with Crippen LogP contribution in [0.25, 0.3) is 21.4 Å². The van der Waals surface area contributed by atoms with Gasteiger partial charge >= 0.3 is 5.91 Å². The number of carbonyl (C=O) groups excluding carboxylic acids is 4. The van der Waals surface area contributed by atoms with Gasteiger partial charge in [0.1, 0.15) is 16.1 Å². The van der Waals surface area contributed by atoms with Gasteiger partial charge in [0.2, 0.25) is 23.5 Å². The summed E-state index contributed by atoms with van der Waals surface area (Å²) in [4.78, 5) is 74.2. The molecule has 0 spiro atoms. The number of primary amides is 2. The molecule has 55 heavy (non-hydrogen) atoms. The summed E-state index contributed by atoms with van der Waals surface area (Å²) in [5.74, 6) is -1.51. The van der Waals surface area contributed by atoms with Crippen LogP contribution in [0.3, 0.4) is 0 Å². The van der Waals surface area contributed by atoms with Gasteiger partial charge in [-0.1, -0.05) is 37.3 Å². The number of amides is 4. The van der Waals surface area contributed by atoms with Crippen molar-refractivity contribution in [1.82, 2.24) is 29.1 Å². The minimum Gasteiger partial charge on any atom is -0.491 e. The number of aliphatic hydroxyl groups excluding tert-OH is 1. The summed E-state index contributed by atoms with van der Waals surface area (Å²) in [6, 6.07) is 4.61. The highest BCUT2D eigenvalue weighted by Gasteiger charge is 2.23. The van der Waals surface area contributed by atoms with Gasteiger partial charge in [-0.3, -0.25) is 29.1 Å². The quantitative estimate of drug-likeness (QED) is 0.0860. The minimum atomic E-state index is -0.692. The molecule has 5 aromatic heterocycles. The number of allylic oxidation sites excluding steroid dienone is 2. The molecule has 0 saturated heterocycles. The third kappa shape index (κ3) is 8.22. The molecule has 5 heterocycles. The predicted octanol–water partition coefficient (Wildman–Crippen LogP) is 3.84. The summed E-state index contributed by atoms with van der Waals surface area (Å²) >= 11 is 2.43. The van der Waals surface area contributed by atoms with Crippen LogP contribution >= 0.6 is 22.7 Å². The van der Waals surface area contributed by atoms with E-state index in [4.69, 9.17) is 20.6 Å². The van der Waals surface area contributed by atoms with E-state index in [0.717, 1.165) is 16.3 Å². The lowest BCUT2D eigenvalue weighted by Crippen LogP contribution is -2.18. The number of aromatic nitrogens is 6. The van der Waals surface area contributed by atoms with Crippen molar-refractivity contribution in [1.29, 1.82) is 0 Å². The molecule has 0 saturated carbocycles. The Morgan fingerprint density at radius 1 is 0.964 bits per heavy atom. The Morgan fingerprint density at radius 2 is 1.69 bits per heavy atom. The second kappa shape index (κ2) is 16.5. The molecule has 0 bridgehead atoms. The number of ether oxygens (including phenoxy) is 1. The maximum Gasteiger partial charge on any atom is 0.317 e. The number of aliphatic hydroxyl groups is 1. The summed E-state index contributed by atoms with van der Waals surface area (Å²) < 4.78 is 15.6. The molecular weight excluding hydrogens is 749 g/mol. The number of carbonyl (C=O) groups is 4. The van der Waals surface area contributed by atoms with Crippen molar-refractivity contribution < 1.29 is 33.4 Å². The number of anilines is 1. The number of hydrogen-bond acceptors (Lipinski definition) is 13. The zero-order valence-corrected chi connectivity index (χ0v) is 32.0. The first-order valence-electron chi connectivity index (χ1n) is 17.3. The number of oxazole rings is 1. The highest BCUT2D eigenvalue weighted by Crippen LogP contribution is 2.32. The lowest BCUT2D eigenvalue weighted by atomic mass is 10.1. The Balaban J connectivity index is 1.41. The fourth-order valence-electron chi connectivity index (χ4n) is 5.76. The highest BCUT2D eigenvalue weighted by molar-refractivity contribution is 7.16. The normalized spacial score (nSPS) is 12.0. The van der Waals surface area contributed by atoms with Crippen molar-refractivity contribution in [3.63, 3.8) is 0 Å². The van der Waals surface area contributed by atoms with E-state index in [1.165, 1.54) is 29.7 Å². The molecule has 0 aliphatic rings. The summed E-state index contributed by atoms with van der Waals surface area (Å²) in [5.41, 5.74) is 13.9. The number of benzene rings is 1. The van der Waals surface area contributed by atoms with E-state index in [-0.39, 0.29) is 54.9 Å². The van der Waals surface area contributed by atoms with E-state index >= 15 is 0 Å². The van der Waals surface area contributed by atoms with Crippen LogP contribution in [-0.4, -0.2) is 71.0 Å². The summed E-state index contributed by atoms with van der Waals surface area (Å²) in [5, 5.41) is 13.1. The van der Waals surface area contributed by atoms with Gasteiger partial charge in [-0.05, 0) is 38.0 Å². The Bertz CT molecular complexity index is 2560. The maximum absolute atomic E-state index is 13.6. The summed E-state index contributed by atoms with van der Waals surface area (Å²) in [7, 11) is 0. The number of thiazole rings is 2. The van der Waals surface area contributed by atoms with Gasteiger partial charge in [-0.2, -0.15) is 4.99 Å². The number of rotatable bonds is 15. The van der Waals surface area contributed by atoms with Gasteiger partial charge in [-0.25, -0.2) is 19.9 Å². The van der Waals surface area contributed by atoms with Crippen molar-refractivity contribution in [2.24, 2.45) is 16.5 Å². The van der Waals surface area contributed by atoms with E-state index in [2.05, 4.69) is 30.2 Å². The zero-order valence-electron chi connectivity index (χ0n) is 30.4. The topological polar surface area (TPSA) is 249 Å². The Morgan fingerprint density at radius 3 is 2.38 bits per heavy atom. The Labute approximate surface area is 321 Å². The Hall–Kier alpha value is -6.05. The molecule has 19 heteroatoms. The largest absolute Gasteiger partial charge is 0.491 e. The van der Waals surface area contributed by atoms with E-state index in [1.807, 2.05) is 32.9 Å². The SMILES string of the molecule is CCc1nc(C)oc1C(=O)N=c1sc2cc(C(N)=O)cnc2n1C/C=C/Cn1c(NC(=O)c2sc(C)nc2CC)nc2cc(C(N)=O)cc(OCCCO)c21. The lowest BCUT2D eigenvalue weighted by Gasteiger charge is -2.12. The second-order valence-corrected chi connectivity index (χ2v) is 14.4. The fraction of sp³-hybridized carbons (Fsp3) is 0.306. The minimum absolute atomic E-state index is 0.0444. The van der Waals surface area contributed by atoms with Gasteiger partial charge in [0.25, 0.3) is 5.91 Å². The summed E-state index contributed by atoms with van der Waals surface area (Å²) in [6.07, 6.45) is 6.36. The number of nitrogens with zero attached hydrogens (tertiary/aromatic N) is 7. The molecule has 1 aromatic carbocycles. The first-order chi connectivity index (χ1) is 26.4. The smallest absolute Gasteiger partial charge is 0.317 e. The summed E-state index contributed by atoms with van der Waals surface area (Å²) in [6.45, 7) is 7.63. The van der Waals surface area contributed by atoms with Gasteiger partial charge < -0.3 is 30.3 Å². The molecule has 0 unspecified atom stereocenters. The molecule has 0 aliphatic heterocycles. The van der Waals surface area contributed by atoms with Crippen LogP contribution in [0, 0.1) is 13.8 Å². The van der Waals surface area contributed by atoms with Crippen LogP contribution in [0.1, 0.15) is 83.5 Å².